The van der Waals surface area contributed by atoms with Crippen molar-refractivity contribution in [2.75, 3.05) is 28.4 Å². The van der Waals surface area contributed by atoms with Gasteiger partial charge in [0.05, 0.1) is 28.4 Å². The average molecular weight is 985 g/mol. The first-order valence-corrected chi connectivity index (χ1v) is 27.1. The first-order valence-electron chi connectivity index (χ1n) is 25.6. The number of hydrogen-bond donors (Lipinski definition) is 1. The Kier molecular flexibility index (Phi) is 16.3. The van der Waals surface area contributed by atoms with Gasteiger partial charge in [-0.15, -0.1) is 0 Å². The largest absolute Gasteiger partial charge is 0.496 e. The Balaban J connectivity index is 1.98. The van der Waals surface area contributed by atoms with Crippen molar-refractivity contribution in [1.29, 1.82) is 0 Å². The molecule has 0 aromatic heterocycles. The van der Waals surface area contributed by atoms with E-state index >= 15 is 4.57 Å². The zero-order chi connectivity index (χ0) is 52.3. The predicted molar refractivity (Wildman–Crippen MR) is 282 cm³/mol. The number of phosphoric acid groups is 1. The van der Waals surface area contributed by atoms with E-state index in [9.17, 15) is 4.89 Å². The Hall–Kier alpha value is -3.89. The molecule has 2 saturated heterocycles. The molecule has 4 aromatic rings. The fourth-order valence-electron chi connectivity index (χ4n) is 11.0. The Labute approximate surface area is 421 Å². The number of ether oxygens (including phenoxy) is 6. The van der Waals surface area contributed by atoms with E-state index in [-0.39, 0.29) is 47.3 Å². The van der Waals surface area contributed by atoms with Gasteiger partial charge < -0.3 is 33.3 Å². The molecule has 2 fully saturated rings. The minimum Gasteiger partial charge on any atom is -0.496 e. The van der Waals surface area contributed by atoms with Crippen LogP contribution in [-0.4, -0.2) is 51.3 Å². The summed E-state index contributed by atoms with van der Waals surface area (Å²) < 4.78 is 70.9. The van der Waals surface area contributed by atoms with E-state index in [0.29, 0.717) is 22.3 Å². The Morgan fingerprint density at radius 3 is 0.714 bits per heavy atom. The van der Waals surface area contributed by atoms with Crippen molar-refractivity contribution < 1.29 is 46.9 Å². The lowest BCUT2D eigenvalue weighted by Crippen LogP contribution is -2.54. The number of benzene rings is 4. The molecule has 11 heteroatoms. The predicted octanol–water partition coefficient (Wildman–Crippen LogP) is 15.6. The van der Waals surface area contributed by atoms with Crippen LogP contribution in [-0.2, 0) is 34.3 Å². The molecule has 0 bridgehead atoms. The highest BCUT2D eigenvalue weighted by atomic mass is 31.2. The van der Waals surface area contributed by atoms with Crippen LogP contribution in [0.1, 0.15) is 239 Å². The molecule has 70 heavy (non-hydrogen) atoms. The van der Waals surface area contributed by atoms with E-state index in [1.165, 1.54) is 0 Å². The van der Waals surface area contributed by atoms with E-state index in [0.717, 1.165) is 67.5 Å². The Morgan fingerprint density at radius 2 is 0.571 bits per heavy atom. The molecule has 2 atom stereocenters. The van der Waals surface area contributed by atoms with Crippen LogP contribution < -0.4 is 18.9 Å². The zero-order valence-corrected chi connectivity index (χ0v) is 47.4. The highest BCUT2D eigenvalue weighted by molar-refractivity contribution is 7.47. The van der Waals surface area contributed by atoms with Gasteiger partial charge in [-0.25, -0.2) is 4.57 Å². The van der Waals surface area contributed by atoms with Crippen molar-refractivity contribution in [2.45, 2.75) is 201 Å². The second-order valence-corrected chi connectivity index (χ2v) is 23.9. The monoisotopic (exact) mass is 985 g/mol. The van der Waals surface area contributed by atoms with E-state index in [1.807, 2.05) is 13.8 Å². The van der Waals surface area contributed by atoms with Gasteiger partial charge >= 0.3 is 7.82 Å². The van der Waals surface area contributed by atoms with Gasteiger partial charge in [0.2, 0.25) is 0 Å². The first-order chi connectivity index (χ1) is 32.6. The van der Waals surface area contributed by atoms with Crippen LogP contribution in [0.15, 0.2) is 48.5 Å². The quantitative estimate of drug-likeness (QED) is 0.109. The maximum absolute atomic E-state index is 16.3. The van der Waals surface area contributed by atoms with Crippen molar-refractivity contribution in [2.24, 2.45) is 0 Å². The second-order valence-electron chi connectivity index (χ2n) is 22.6. The summed E-state index contributed by atoms with van der Waals surface area (Å²) in [6.45, 7) is 37.9. The third-order valence-electron chi connectivity index (χ3n) is 14.5. The second kappa shape index (κ2) is 20.6. The van der Waals surface area contributed by atoms with Crippen LogP contribution in [0, 0.1) is 0 Å². The molecule has 10 nitrogen and oxygen atoms in total. The highest BCUT2D eigenvalue weighted by Crippen LogP contribution is 2.68. The van der Waals surface area contributed by atoms with Crippen LogP contribution in [0.2, 0.25) is 0 Å². The summed E-state index contributed by atoms with van der Waals surface area (Å²) in [5.74, 6) is 1.65. The van der Waals surface area contributed by atoms with Gasteiger partial charge in [0.25, 0.3) is 0 Å². The molecular weight excluding hydrogens is 900 g/mol. The van der Waals surface area contributed by atoms with Crippen molar-refractivity contribution in [3.8, 4) is 23.0 Å². The normalized spacial score (nSPS) is 19.5. The summed E-state index contributed by atoms with van der Waals surface area (Å²) in [5, 5.41) is 0. The summed E-state index contributed by atoms with van der Waals surface area (Å²) >= 11 is 0. The van der Waals surface area contributed by atoms with E-state index in [1.54, 1.807) is 28.4 Å². The van der Waals surface area contributed by atoms with Crippen LogP contribution in [0.25, 0.3) is 0 Å². The molecule has 0 unspecified atom stereocenters. The number of hydrogen-bond acceptors (Lipinski definition) is 9. The summed E-state index contributed by atoms with van der Waals surface area (Å²) in [4.78, 5) is 13.3. The smallest absolute Gasteiger partial charge is 0.474 e. The van der Waals surface area contributed by atoms with Crippen LogP contribution in [0.5, 0.6) is 23.0 Å². The lowest BCUT2D eigenvalue weighted by atomic mass is 9.69. The molecule has 0 aliphatic carbocycles. The first kappa shape index (κ1) is 55.4. The maximum Gasteiger partial charge on any atom is 0.474 e. The number of rotatable bonds is 16. The standard InChI is InChI=1S/C59H85O10P/c1-31(2)43-23-39(24-44(32(3)4)51(43)62-19)58(40-25-45(33(5)6)52(63-20)46(26-40)34(7)8)55-56(67-57(17,18)66-55)59(69-70(60,61)68-58,41-27-47(35(9)10)53(64-21)48(28-41)36(11)12)42-29-49(37(13)14)54(65-22)50(30-42)38(15)16/h23-38,55-56H,1-22H3,(H,60,61)/t55-,56-/m1/s1. The van der Waals surface area contributed by atoms with E-state index < -0.39 is 37.0 Å². The molecule has 6 rings (SSSR count). The van der Waals surface area contributed by atoms with Gasteiger partial charge in [0, 0.05) is 0 Å². The third-order valence-corrected chi connectivity index (χ3v) is 15.5. The van der Waals surface area contributed by atoms with Crippen molar-refractivity contribution in [3.05, 3.63) is 115 Å². The molecule has 2 heterocycles. The molecular formula is C59H85O10P. The number of fused-ring (bicyclic) bond motifs is 1. The highest BCUT2D eigenvalue weighted by Gasteiger charge is 2.69. The fourth-order valence-corrected chi connectivity index (χ4v) is 12.4. The molecule has 0 spiro atoms. The summed E-state index contributed by atoms with van der Waals surface area (Å²) in [6.07, 6.45) is -2.29. The van der Waals surface area contributed by atoms with E-state index in [2.05, 4.69) is 159 Å². The van der Waals surface area contributed by atoms with Crippen molar-refractivity contribution in [1.82, 2.24) is 0 Å². The van der Waals surface area contributed by atoms with Gasteiger partial charge in [-0.3, -0.25) is 9.05 Å². The lowest BCUT2D eigenvalue weighted by molar-refractivity contribution is -0.178. The zero-order valence-electron chi connectivity index (χ0n) is 46.5. The average Bonchev–Trinajstić information content (AvgIpc) is 3.59. The molecule has 2 aliphatic rings. The van der Waals surface area contributed by atoms with Crippen LogP contribution in [0.3, 0.4) is 0 Å². The molecule has 0 radical (unpaired) electrons. The van der Waals surface area contributed by atoms with Gasteiger partial charge in [-0.05, 0) is 176 Å². The van der Waals surface area contributed by atoms with Gasteiger partial charge in [-0.2, -0.15) is 0 Å². The van der Waals surface area contributed by atoms with Gasteiger partial charge in [0.1, 0.15) is 35.2 Å². The molecule has 0 amide bonds. The van der Waals surface area contributed by atoms with Gasteiger partial charge in [0.15, 0.2) is 17.0 Å². The number of methoxy groups -OCH3 is 4. The maximum atomic E-state index is 16.3. The van der Waals surface area contributed by atoms with Crippen LogP contribution >= 0.6 is 7.82 Å². The molecule has 4 aromatic carbocycles. The van der Waals surface area contributed by atoms with Crippen LogP contribution in [0.4, 0.5) is 0 Å². The minimum atomic E-state index is -5.30. The fraction of sp³-hybridized carbons (Fsp3) is 0.593. The Bertz CT molecular complexity index is 2150. The SMILES string of the molecule is COc1c(C(C)C)cc(C2(c3cc(C(C)C)c(OC)c(C(C)C)c3)OP(=O)(O)OC(c3cc(C(C)C)c(OC)c(C(C)C)c3)(c3cc(C(C)C)c(OC)c(C(C)C)c3)[C@@H]3OC(C)(C)O[C@H]32)cc1C(C)C. The van der Waals surface area contributed by atoms with E-state index in [4.69, 9.17) is 37.5 Å². The van der Waals surface area contributed by atoms with Gasteiger partial charge in [-0.1, -0.05) is 111 Å². The molecule has 0 saturated carbocycles. The molecule has 2 aliphatic heterocycles. The number of phosphoric ester groups is 1. The summed E-state index contributed by atoms with van der Waals surface area (Å²) in [5.41, 5.74) is 6.07. The Morgan fingerprint density at radius 1 is 0.400 bits per heavy atom. The summed E-state index contributed by atoms with van der Waals surface area (Å²) in [7, 11) is 1.50. The lowest BCUT2D eigenvalue weighted by Gasteiger charge is -2.43. The summed E-state index contributed by atoms with van der Waals surface area (Å²) in [6, 6.07) is 16.6. The molecule has 386 valence electrons. The topological polar surface area (TPSA) is 111 Å². The molecule has 1 N–H and O–H groups in total. The van der Waals surface area contributed by atoms with Crippen molar-refractivity contribution >= 4 is 7.82 Å². The van der Waals surface area contributed by atoms with Crippen molar-refractivity contribution in [3.63, 3.8) is 0 Å². The minimum absolute atomic E-state index is 0.0146. The third kappa shape index (κ3) is 9.72.